The highest BCUT2D eigenvalue weighted by atomic mass is 28.2. The average molecular weight is 144 g/mol. The zero-order chi connectivity index (χ0) is 7.40. The smallest absolute Gasteiger partial charge is 0.0244 e. The van der Waals surface area contributed by atoms with E-state index in [0.717, 1.165) is 5.57 Å². The Hall–Kier alpha value is -0.873. The Kier molecular flexibility index (Phi) is 2.41. The van der Waals surface area contributed by atoms with Crippen LogP contribution in [0.3, 0.4) is 0 Å². The van der Waals surface area contributed by atoms with Crippen molar-refractivity contribution < 1.29 is 0 Å². The fourth-order valence-corrected chi connectivity index (χ4v) is 1.65. The lowest BCUT2D eigenvalue weighted by Gasteiger charge is -2.05. The third-order valence-electron chi connectivity index (χ3n) is 1.41. The Balaban J connectivity index is 2.94. The molecular formula is C9H8Si. The van der Waals surface area contributed by atoms with Crippen LogP contribution in [0.4, 0.5) is 0 Å². The average Bonchev–Trinajstić information content (AvgIpc) is 2.04. The summed E-state index contributed by atoms with van der Waals surface area (Å²) in [5.74, 6) is 2.42. The third kappa shape index (κ3) is 1.34. The van der Waals surface area contributed by atoms with E-state index in [0.29, 0.717) is 9.13 Å². The first-order chi connectivity index (χ1) is 4.88. The minimum Gasteiger partial charge on any atom is -0.0764 e. The molecule has 48 valence electrons. The highest BCUT2D eigenvalue weighted by molar-refractivity contribution is 6.60. The summed E-state index contributed by atoms with van der Waals surface area (Å²) in [6, 6.07) is 0. The molecule has 0 fully saturated rings. The summed E-state index contributed by atoms with van der Waals surface area (Å²) in [5.41, 5.74) is 0.944. The minimum atomic E-state index is 0.311. The van der Waals surface area contributed by atoms with Crippen LogP contribution in [0.15, 0.2) is 23.8 Å². The van der Waals surface area contributed by atoms with Crippen molar-refractivity contribution in [2.24, 2.45) is 0 Å². The van der Waals surface area contributed by atoms with Crippen LogP contribution in [0.25, 0.3) is 0 Å². The van der Waals surface area contributed by atoms with E-state index in [9.17, 15) is 0 Å². The first kappa shape index (κ1) is 7.24. The Bertz CT molecular complexity index is 248. The molecule has 1 aliphatic carbocycles. The van der Waals surface area contributed by atoms with Crippen molar-refractivity contribution in [2.75, 3.05) is 0 Å². The van der Waals surface area contributed by atoms with E-state index in [2.05, 4.69) is 18.9 Å². The summed E-state index contributed by atoms with van der Waals surface area (Å²) in [5, 5.41) is 1.28. The van der Waals surface area contributed by atoms with Crippen molar-refractivity contribution in [3.63, 3.8) is 0 Å². The van der Waals surface area contributed by atoms with Gasteiger partial charge in [0.1, 0.15) is 0 Å². The number of allylic oxidation sites excluding steroid dienone is 4. The van der Waals surface area contributed by atoms with Crippen LogP contribution in [-0.2, 0) is 0 Å². The molecule has 0 nitrogen and oxygen atoms in total. The summed E-state index contributed by atoms with van der Waals surface area (Å²) in [6.45, 7) is 2.16. The van der Waals surface area contributed by atoms with E-state index in [1.807, 2.05) is 18.2 Å². The summed E-state index contributed by atoms with van der Waals surface area (Å²) >= 11 is 0. The van der Waals surface area contributed by atoms with Crippen LogP contribution >= 0.6 is 0 Å². The summed E-state index contributed by atoms with van der Waals surface area (Å²) in [4.78, 5) is 0. The van der Waals surface area contributed by atoms with Crippen LogP contribution in [0.2, 0.25) is 6.55 Å². The molecule has 0 N–H and O–H groups in total. The lowest BCUT2D eigenvalue weighted by Crippen LogP contribution is -2.06. The van der Waals surface area contributed by atoms with Gasteiger partial charge in [0.15, 0.2) is 0 Å². The summed E-state index contributed by atoms with van der Waals surface area (Å²) in [6.07, 6.45) is 14.9. The van der Waals surface area contributed by atoms with Crippen molar-refractivity contribution >= 4 is 14.3 Å². The van der Waals surface area contributed by atoms with Crippen LogP contribution in [0.1, 0.15) is 0 Å². The lowest BCUT2D eigenvalue weighted by atomic mass is 10.1. The molecule has 1 heteroatoms. The van der Waals surface area contributed by atoms with E-state index in [1.54, 1.807) is 0 Å². The molecule has 0 saturated carbocycles. The second-order valence-corrected chi connectivity index (χ2v) is 3.20. The molecule has 0 bridgehead atoms. The van der Waals surface area contributed by atoms with Gasteiger partial charge in [-0.05, 0) is 26.8 Å². The topological polar surface area (TPSA) is 0 Å². The fraction of sp³-hybridized carbons (Fsp3) is 0.111. The molecule has 0 unspecified atom stereocenters. The van der Waals surface area contributed by atoms with Gasteiger partial charge < -0.3 is 0 Å². The van der Waals surface area contributed by atoms with Crippen LogP contribution < -0.4 is 0 Å². The van der Waals surface area contributed by atoms with Gasteiger partial charge in [-0.15, -0.1) is 0 Å². The minimum absolute atomic E-state index is 0.311. The summed E-state index contributed by atoms with van der Waals surface area (Å²) in [7, 11) is 0.311. The molecule has 0 amide bonds. The molecular weight excluding hydrogens is 136 g/mol. The molecule has 10 heavy (non-hydrogen) atoms. The molecule has 0 atom stereocenters. The second-order valence-electron chi connectivity index (χ2n) is 2.00. The van der Waals surface area contributed by atoms with Crippen molar-refractivity contribution in [2.45, 2.75) is 6.55 Å². The first-order valence-corrected chi connectivity index (χ1v) is 4.93. The first-order valence-electron chi connectivity index (χ1n) is 3.19. The SMILES string of the molecule is [C]#CC1=CC=C[CH]C1=[SiH]C. The van der Waals surface area contributed by atoms with Crippen LogP contribution in [0, 0.1) is 18.8 Å². The molecule has 2 radical (unpaired) electrons. The zero-order valence-corrected chi connectivity index (χ0v) is 7.04. The normalized spacial score (nSPS) is 20.4. The van der Waals surface area contributed by atoms with Gasteiger partial charge in [0.2, 0.25) is 0 Å². The van der Waals surface area contributed by atoms with E-state index >= 15 is 0 Å². The van der Waals surface area contributed by atoms with Gasteiger partial charge >= 0.3 is 0 Å². The van der Waals surface area contributed by atoms with Gasteiger partial charge in [-0.25, -0.2) is 0 Å². The van der Waals surface area contributed by atoms with Crippen molar-refractivity contribution in [1.82, 2.24) is 0 Å². The third-order valence-corrected chi connectivity index (χ3v) is 2.53. The van der Waals surface area contributed by atoms with E-state index < -0.39 is 0 Å². The Morgan fingerprint density at radius 1 is 1.50 bits per heavy atom. The zero-order valence-electron chi connectivity index (χ0n) is 5.89. The Morgan fingerprint density at radius 2 is 2.30 bits per heavy atom. The van der Waals surface area contributed by atoms with Gasteiger partial charge in [0, 0.05) is 12.0 Å². The monoisotopic (exact) mass is 144 g/mol. The van der Waals surface area contributed by atoms with Crippen LogP contribution in [-0.4, -0.2) is 14.3 Å². The number of hydrogen-bond donors (Lipinski definition) is 0. The predicted octanol–water partition coefficient (Wildman–Crippen LogP) is 0.934. The van der Waals surface area contributed by atoms with Gasteiger partial charge in [-0.2, -0.15) is 0 Å². The fourth-order valence-electron chi connectivity index (χ4n) is 0.863. The molecule has 0 aromatic heterocycles. The largest absolute Gasteiger partial charge is 0.0764 e. The molecule has 0 saturated heterocycles. The summed E-state index contributed by atoms with van der Waals surface area (Å²) < 4.78 is 0. The maximum Gasteiger partial charge on any atom is 0.0244 e. The van der Waals surface area contributed by atoms with Crippen molar-refractivity contribution in [3.8, 4) is 5.92 Å². The molecule has 0 aromatic rings. The molecule has 0 spiro atoms. The van der Waals surface area contributed by atoms with E-state index in [4.69, 9.17) is 6.42 Å². The standard InChI is InChI=1S/C9H8Si/c1-3-8-6-4-5-7-9(8)10-2/h4-7,10H,2H3. The van der Waals surface area contributed by atoms with Crippen molar-refractivity contribution in [1.29, 1.82) is 0 Å². The molecule has 0 aromatic carbocycles. The second kappa shape index (κ2) is 3.33. The molecule has 1 rings (SSSR count). The lowest BCUT2D eigenvalue weighted by molar-refractivity contribution is 1.73. The molecule has 0 aliphatic heterocycles. The predicted molar refractivity (Wildman–Crippen MR) is 46.7 cm³/mol. The maximum atomic E-state index is 6.95. The van der Waals surface area contributed by atoms with Gasteiger partial charge in [-0.3, -0.25) is 0 Å². The molecule has 0 heterocycles. The van der Waals surface area contributed by atoms with Gasteiger partial charge in [0.25, 0.3) is 0 Å². The number of hydrogen-bond acceptors (Lipinski definition) is 0. The maximum absolute atomic E-state index is 6.95. The van der Waals surface area contributed by atoms with Crippen molar-refractivity contribution in [3.05, 3.63) is 36.6 Å². The quantitative estimate of drug-likeness (QED) is 0.350. The van der Waals surface area contributed by atoms with Gasteiger partial charge in [-0.1, -0.05) is 24.6 Å². The highest BCUT2D eigenvalue weighted by Crippen LogP contribution is 2.05. The Labute approximate surface area is 64.1 Å². The molecule has 1 aliphatic rings. The number of rotatable bonds is 0. The highest BCUT2D eigenvalue weighted by Gasteiger charge is 2.01. The van der Waals surface area contributed by atoms with Gasteiger partial charge in [0.05, 0.1) is 0 Å². The van der Waals surface area contributed by atoms with E-state index in [-0.39, 0.29) is 0 Å². The Morgan fingerprint density at radius 3 is 2.80 bits per heavy atom. The van der Waals surface area contributed by atoms with E-state index in [1.165, 1.54) is 5.17 Å². The van der Waals surface area contributed by atoms with Crippen LogP contribution in [0.5, 0.6) is 0 Å².